The minimum atomic E-state index is -0.0412. The van der Waals surface area contributed by atoms with Gasteiger partial charge in [0.2, 0.25) is 0 Å². The highest BCUT2D eigenvalue weighted by Gasteiger charge is 2.26. The second kappa shape index (κ2) is 4.67. The summed E-state index contributed by atoms with van der Waals surface area (Å²) in [5.74, 6) is 6.45. The van der Waals surface area contributed by atoms with Gasteiger partial charge in [-0.25, -0.2) is 5.90 Å². The topological polar surface area (TPSA) is 44.5 Å². The van der Waals surface area contributed by atoms with Crippen LogP contribution in [0, 0.1) is 0 Å². The quantitative estimate of drug-likeness (QED) is 0.819. The van der Waals surface area contributed by atoms with Crippen LogP contribution in [0.1, 0.15) is 44.2 Å². The van der Waals surface area contributed by atoms with E-state index in [4.69, 9.17) is 15.5 Å². The Morgan fingerprint density at radius 1 is 1.47 bits per heavy atom. The molecule has 0 radical (unpaired) electrons. The van der Waals surface area contributed by atoms with Gasteiger partial charge in [0.1, 0.15) is 11.4 Å². The van der Waals surface area contributed by atoms with Crippen LogP contribution >= 0.6 is 0 Å². The molecular formula is C14H21NO2. The van der Waals surface area contributed by atoms with E-state index < -0.39 is 0 Å². The van der Waals surface area contributed by atoms with Crippen molar-refractivity contribution in [3.8, 4) is 5.75 Å². The van der Waals surface area contributed by atoms with Gasteiger partial charge in [0, 0.05) is 5.92 Å². The minimum Gasteiger partial charge on any atom is -0.488 e. The third-order valence-electron chi connectivity index (χ3n) is 3.38. The van der Waals surface area contributed by atoms with Crippen LogP contribution in [0.5, 0.6) is 5.75 Å². The zero-order chi connectivity index (χ0) is 12.5. The van der Waals surface area contributed by atoms with Gasteiger partial charge in [-0.15, -0.1) is 0 Å². The Morgan fingerprint density at radius 3 is 2.94 bits per heavy atom. The van der Waals surface area contributed by atoms with Gasteiger partial charge < -0.3 is 9.57 Å². The predicted octanol–water partition coefficient (Wildman–Crippen LogP) is 2.78. The molecule has 17 heavy (non-hydrogen) atoms. The van der Waals surface area contributed by atoms with Crippen LogP contribution in [0.3, 0.4) is 0 Å². The molecule has 0 bridgehead atoms. The van der Waals surface area contributed by atoms with Crippen LogP contribution < -0.4 is 10.6 Å². The smallest absolute Gasteiger partial charge is 0.123 e. The predicted molar refractivity (Wildman–Crippen MR) is 68.0 cm³/mol. The highest BCUT2D eigenvalue weighted by molar-refractivity contribution is 5.40. The van der Waals surface area contributed by atoms with Crippen molar-refractivity contribution in [2.24, 2.45) is 5.90 Å². The lowest BCUT2D eigenvalue weighted by atomic mass is 9.91. The fraction of sp³-hybridized carbons (Fsp3) is 0.571. The number of hydrogen-bond acceptors (Lipinski definition) is 3. The standard InChI is InChI=1S/C14H21NO2/c1-10(9-16-15)11-4-5-13-12(8-11)6-7-14(2,3)17-13/h4-5,8,10H,6-7,9,15H2,1-3H3. The summed E-state index contributed by atoms with van der Waals surface area (Å²) in [7, 11) is 0. The first-order chi connectivity index (χ1) is 8.02. The molecule has 3 nitrogen and oxygen atoms in total. The van der Waals surface area contributed by atoms with Crippen molar-refractivity contribution < 1.29 is 9.57 Å². The molecule has 2 rings (SSSR count). The molecule has 3 heteroatoms. The zero-order valence-corrected chi connectivity index (χ0v) is 10.8. The molecule has 1 atom stereocenters. The second-order valence-electron chi connectivity index (χ2n) is 5.46. The molecule has 0 amide bonds. The monoisotopic (exact) mass is 235 g/mol. The fourth-order valence-corrected chi connectivity index (χ4v) is 2.23. The molecule has 0 saturated heterocycles. The van der Waals surface area contributed by atoms with Crippen LogP contribution in [0.4, 0.5) is 0 Å². The molecule has 1 aromatic rings. The number of hydrogen-bond donors (Lipinski definition) is 1. The fourth-order valence-electron chi connectivity index (χ4n) is 2.23. The Morgan fingerprint density at radius 2 is 2.24 bits per heavy atom. The largest absolute Gasteiger partial charge is 0.488 e. The van der Waals surface area contributed by atoms with E-state index in [-0.39, 0.29) is 5.60 Å². The van der Waals surface area contributed by atoms with Gasteiger partial charge in [-0.3, -0.25) is 0 Å². The Kier molecular flexibility index (Phi) is 3.40. The lowest BCUT2D eigenvalue weighted by molar-refractivity contribution is 0.0845. The maximum Gasteiger partial charge on any atom is 0.123 e. The van der Waals surface area contributed by atoms with E-state index in [1.54, 1.807) is 0 Å². The van der Waals surface area contributed by atoms with Gasteiger partial charge in [0.05, 0.1) is 6.61 Å². The van der Waals surface area contributed by atoms with Crippen molar-refractivity contribution in [2.75, 3.05) is 6.61 Å². The van der Waals surface area contributed by atoms with Gasteiger partial charge in [0.15, 0.2) is 0 Å². The first-order valence-corrected chi connectivity index (χ1v) is 6.15. The van der Waals surface area contributed by atoms with E-state index in [0.717, 1.165) is 18.6 Å². The van der Waals surface area contributed by atoms with Crippen molar-refractivity contribution in [3.63, 3.8) is 0 Å². The number of fused-ring (bicyclic) bond motifs is 1. The summed E-state index contributed by atoms with van der Waals surface area (Å²) in [6, 6.07) is 6.39. The number of ether oxygens (including phenoxy) is 1. The molecule has 1 aliphatic rings. The van der Waals surface area contributed by atoms with Crippen molar-refractivity contribution in [2.45, 2.75) is 45.1 Å². The van der Waals surface area contributed by atoms with Gasteiger partial charge in [-0.2, -0.15) is 0 Å². The highest BCUT2D eigenvalue weighted by Crippen LogP contribution is 2.34. The SMILES string of the molecule is CC(CON)c1ccc2c(c1)CCC(C)(C)O2. The number of benzene rings is 1. The maximum absolute atomic E-state index is 5.96. The van der Waals surface area contributed by atoms with Crippen molar-refractivity contribution >= 4 is 0 Å². The van der Waals surface area contributed by atoms with Crippen LogP contribution in [-0.4, -0.2) is 12.2 Å². The summed E-state index contributed by atoms with van der Waals surface area (Å²) < 4.78 is 5.96. The van der Waals surface area contributed by atoms with Crippen LogP contribution in [0.2, 0.25) is 0 Å². The number of aryl methyl sites for hydroxylation is 1. The van der Waals surface area contributed by atoms with Gasteiger partial charge in [-0.05, 0) is 43.9 Å². The average molecular weight is 235 g/mol. The molecule has 0 aromatic heterocycles. The Hall–Kier alpha value is -1.06. The van der Waals surface area contributed by atoms with Crippen molar-refractivity contribution in [1.82, 2.24) is 0 Å². The summed E-state index contributed by atoms with van der Waals surface area (Å²) in [5.41, 5.74) is 2.52. The number of nitrogens with two attached hydrogens (primary N) is 1. The normalized spacial score (nSPS) is 19.3. The second-order valence-corrected chi connectivity index (χ2v) is 5.46. The Labute approximate surface area is 103 Å². The molecular weight excluding hydrogens is 214 g/mol. The molecule has 2 N–H and O–H groups in total. The molecule has 0 aliphatic carbocycles. The van der Waals surface area contributed by atoms with Gasteiger partial charge in [0.25, 0.3) is 0 Å². The van der Waals surface area contributed by atoms with Crippen molar-refractivity contribution in [3.05, 3.63) is 29.3 Å². The first-order valence-electron chi connectivity index (χ1n) is 6.15. The van der Waals surface area contributed by atoms with E-state index in [1.807, 2.05) is 0 Å². The summed E-state index contributed by atoms with van der Waals surface area (Å²) in [4.78, 5) is 4.70. The molecule has 0 spiro atoms. The molecule has 1 aliphatic heterocycles. The Balaban J connectivity index is 2.21. The Bertz CT molecular complexity index is 401. The average Bonchev–Trinajstić information content (AvgIpc) is 2.27. The van der Waals surface area contributed by atoms with Gasteiger partial charge in [-0.1, -0.05) is 19.1 Å². The summed E-state index contributed by atoms with van der Waals surface area (Å²) >= 11 is 0. The minimum absolute atomic E-state index is 0.0412. The molecule has 1 heterocycles. The maximum atomic E-state index is 5.96. The van der Waals surface area contributed by atoms with E-state index in [2.05, 4.69) is 39.0 Å². The van der Waals surface area contributed by atoms with E-state index >= 15 is 0 Å². The van der Waals surface area contributed by atoms with Gasteiger partial charge >= 0.3 is 0 Å². The summed E-state index contributed by atoms with van der Waals surface area (Å²) in [6.07, 6.45) is 2.14. The molecule has 94 valence electrons. The van der Waals surface area contributed by atoms with E-state index in [1.165, 1.54) is 11.1 Å². The molecule has 0 fully saturated rings. The third kappa shape index (κ3) is 2.79. The first kappa shape index (κ1) is 12.4. The van der Waals surface area contributed by atoms with Crippen molar-refractivity contribution in [1.29, 1.82) is 0 Å². The molecule has 1 aromatic carbocycles. The van der Waals surface area contributed by atoms with E-state index in [0.29, 0.717) is 12.5 Å². The molecule has 1 unspecified atom stereocenters. The number of rotatable bonds is 3. The molecule has 0 saturated carbocycles. The van der Waals surface area contributed by atoms with E-state index in [9.17, 15) is 0 Å². The van der Waals surface area contributed by atoms with Crippen LogP contribution in [-0.2, 0) is 11.3 Å². The van der Waals surface area contributed by atoms with Crippen LogP contribution in [0.15, 0.2) is 18.2 Å². The lowest BCUT2D eigenvalue weighted by Gasteiger charge is -2.33. The summed E-state index contributed by atoms with van der Waals surface area (Å²) in [6.45, 7) is 6.93. The zero-order valence-electron chi connectivity index (χ0n) is 10.8. The lowest BCUT2D eigenvalue weighted by Crippen LogP contribution is -2.32. The van der Waals surface area contributed by atoms with Crippen LogP contribution in [0.25, 0.3) is 0 Å². The summed E-state index contributed by atoms with van der Waals surface area (Å²) in [5, 5.41) is 0. The highest BCUT2D eigenvalue weighted by atomic mass is 16.6. The third-order valence-corrected chi connectivity index (χ3v) is 3.38.